The number of nitrogens with one attached hydrogen (secondary N) is 2. The van der Waals surface area contributed by atoms with Crippen molar-refractivity contribution in [2.75, 3.05) is 5.32 Å². The van der Waals surface area contributed by atoms with Crippen molar-refractivity contribution < 1.29 is 19.1 Å². The van der Waals surface area contributed by atoms with Gasteiger partial charge in [-0.05, 0) is 30.7 Å². The van der Waals surface area contributed by atoms with Crippen LogP contribution in [0.2, 0.25) is 0 Å². The van der Waals surface area contributed by atoms with E-state index in [-0.39, 0.29) is 18.4 Å². The number of benzene rings is 2. The maximum absolute atomic E-state index is 12.1. The molecule has 25 heavy (non-hydrogen) atoms. The van der Waals surface area contributed by atoms with E-state index in [9.17, 15) is 14.4 Å². The largest absolute Gasteiger partial charge is 0.457 e. The van der Waals surface area contributed by atoms with Crippen molar-refractivity contribution in [2.24, 2.45) is 0 Å². The Morgan fingerprint density at radius 1 is 1.04 bits per heavy atom. The van der Waals surface area contributed by atoms with Gasteiger partial charge in [0.2, 0.25) is 11.8 Å². The molecule has 0 spiro atoms. The van der Waals surface area contributed by atoms with Crippen LogP contribution in [0.5, 0.6) is 0 Å². The Labute approximate surface area is 146 Å². The van der Waals surface area contributed by atoms with Crippen LogP contribution in [-0.4, -0.2) is 23.8 Å². The lowest BCUT2D eigenvalue weighted by Gasteiger charge is -2.13. The van der Waals surface area contributed by atoms with E-state index < -0.39 is 12.0 Å². The molecule has 0 aromatic heterocycles. The lowest BCUT2D eigenvalue weighted by atomic mass is 10.2. The van der Waals surface area contributed by atoms with Gasteiger partial charge in [0.1, 0.15) is 12.6 Å². The fourth-order valence-electron chi connectivity index (χ4n) is 2.15. The average Bonchev–Trinajstić information content (AvgIpc) is 2.60. The van der Waals surface area contributed by atoms with Gasteiger partial charge in [0.15, 0.2) is 0 Å². The van der Waals surface area contributed by atoms with Gasteiger partial charge in [-0.15, -0.1) is 0 Å². The van der Waals surface area contributed by atoms with Gasteiger partial charge in [-0.25, -0.2) is 4.79 Å². The van der Waals surface area contributed by atoms with Crippen molar-refractivity contribution in [1.82, 2.24) is 5.32 Å². The molecule has 2 N–H and O–H groups in total. The van der Waals surface area contributed by atoms with E-state index in [0.29, 0.717) is 11.3 Å². The van der Waals surface area contributed by atoms with Crippen LogP contribution in [0.1, 0.15) is 29.8 Å². The van der Waals surface area contributed by atoms with Crippen molar-refractivity contribution in [3.63, 3.8) is 0 Å². The molecule has 0 bridgehead atoms. The minimum absolute atomic E-state index is 0.176. The molecule has 0 saturated carbocycles. The number of anilines is 1. The SMILES string of the molecule is CC(=O)NC(C)C(=O)Nc1cccc(C(=O)OCc2ccccc2)c1. The summed E-state index contributed by atoms with van der Waals surface area (Å²) in [6.45, 7) is 3.09. The first-order chi connectivity index (χ1) is 12.0. The monoisotopic (exact) mass is 340 g/mol. The molecule has 0 saturated heterocycles. The van der Waals surface area contributed by atoms with E-state index in [2.05, 4.69) is 10.6 Å². The lowest BCUT2D eigenvalue weighted by molar-refractivity contribution is -0.124. The van der Waals surface area contributed by atoms with E-state index in [1.807, 2.05) is 30.3 Å². The molecule has 2 rings (SSSR count). The normalized spacial score (nSPS) is 11.3. The molecule has 2 aromatic carbocycles. The summed E-state index contributed by atoms with van der Waals surface area (Å²) in [7, 11) is 0. The van der Waals surface area contributed by atoms with Crippen LogP contribution >= 0.6 is 0 Å². The number of carbonyl (C=O) groups is 3. The fraction of sp³-hybridized carbons (Fsp3) is 0.211. The third kappa shape index (κ3) is 5.76. The third-order valence-electron chi connectivity index (χ3n) is 3.39. The summed E-state index contributed by atoms with van der Waals surface area (Å²) in [5.41, 5.74) is 1.68. The Balaban J connectivity index is 1.96. The highest BCUT2D eigenvalue weighted by atomic mass is 16.5. The number of carbonyl (C=O) groups excluding carboxylic acids is 3. The highest BCUT2D eigenvalue weighted by Crippen LogP contribution is 2.13. The molecule has 1 unspecified atom stereocenters. The Kier molecular flexibility index (Phi) is 6.28. The first-order valence-electron chi connectivity index (χ1n) is 7.85. The van der Waals surface area contributed by atoms with Crippen LogP contribution in [0, 0.1) is 0 Å². The van der Waals surface area contributed by atoms with Gasteiger partial charge in [0.25, 0.3) is 0 Å². The first kappa shape index (κ1) is 18.2. The van der Waals surface area contributed by atoms with Crippen molar-refractivity contribution in [3.05, 3.63) is 65.7 Å². The second-order valence-corrected chi connectivity index (χ2v) is 5.55. The standard InChI is InChI=1S/C19H20N2O4/c1-13(20-14(2)22)18(23)21-17-10-6-9-16(11-17)19(24)25-12-15-7-4-3-5-8-15/h3-11,13H,12H2,1-2H3,(H,20,22)(H,21,23). The predicted molar refractivity (Wildman–Crippen MR) is 93.9 cm³/mol. The van der Waals surface area contributed by atoms with Crippen LogP contribution < -0.4 is 10.6 Å². The highest BCUT2D eigenvalue weighted by Gasteiger charge is 2.15. The molecule has 0 heterocycles. The van der Waals surface area contributed by atoms with E-state index in [1.165, 1.54) is 13.0 Å². The van der Waals surface area contributed by atoms with E-state index >= 15 is 0 Å². The van der Waals surface area contributed by atoms with Gasteiger partial charge in [-0.3, -0.25) is 9.59 Å². The summed E-state index contributed by atoms with van der Waals surface area (Å²) in [6.07, 6.45) is 0. The predicted octanol–water partition coefficient (Wildman–Crippen LogP) is 2.51. The number of hydrogen-bond donors (Lipinski definition) is 2. The first-order valence-corrected chi connectivity index (χ1v) is 7.85. The number of rotatable bonds is 6. The molecule has 0 fully saturated rings. The highest BCUT2D eigenvalue weighted by molar-refractivity contribution is 5.98. The minimum Gasteiger partial charge on any atom is -0.457 e. The van der Waals surface area contributed by atoms with E-state index in [1.54, 1.807) is 25.1 Å². The average molecular weight is 340 g/mol. The Morgan fingerprint density at radius 3 is 2.44 bits per heavy atom. The topological polar surface area (TPSA) is 84.5 Å². The molecule has 0 aliphatic carbocycles. The number of esters is 1. The van der Waals surface area contributed by atoms with Crippen LogP contribution in [0.15, 0.2) is 54.6 Å². The minimum atomic E-state index is -0.675. The maximum atomic E-state index is 12.1. The van der Waals surface area contributed by atoms with E-state index in [0.717, 1.165) is 5.56 Å². The van der Waals surface area contributed by atoms with Crippen LogP contribution in [-0.2, 0) is 20.9 Å². The zero-order valence-electron chi connectivity index (χ0n) is 14.1. The molecular formula is C19H20N2O4. The van der Waals surface area contributed by atoms with Gasteiger partial charge in [-0.1, -0.05) is 36.4 Å². The summed E-state index contributed by atoms with van der Waals surface area (Å²) in [6, 6.07) is 15.1. The molecule has 1 atom stereocenters. The van der Waals surface area contributed by atoms with Crippen LogP contribution in [0.25, 0.3) is 0 Å². The zero-order chi connectivity index (χ0) is 18.2. The lowest BCUT2D eigenvalue weighted by Crippen LogP contribution is -2.40. The number of ether oxygens (including phenoxy) is 1. The second-order valence-electron chi connectivity index (χ2n) is 5.55. The maximum Gasteiger partial charge on any atom is 0.338 e. The Hall–Kier alpha value is -3.15. The second kappa shape index (κ2) is 8.63. The molecular weight excluding hydrogens is 320 g/mol. The number of hydrogen-bond acceptors (Lipinski definition) is 4. The van der Waals surface area contributed by atoms with E-state index in [4.69, 9.17) is 4.74 Å². The van der Waals surface area contributed by atoms with Crippen molar-refractivity contribution in [1.29, 1.82) is 0 Å². The summed E-state index contributed by atoms with van der Waals surface area (Å²) in [5.74, 6) is -1.14. The fourth-order valence-corrected chi connectivity index (χ4v) is 2.15. The molecule has 6 nitrogen and oxygen atoms in total. The zero-order valence-corrected chi connectivity index (χ0v) is 14.1. The summed E-state index contributed by atoms with van der Waals surface area (Å²) >= 11 is 0. The van der Waals surface area contributed by atoms with Crippen molar-refractivity contribution in [2.45, 2.75) is 26.5 Å². The van der Waals surface area contributed by atoms with Crippen molar-refractivity contribution in [3.8, 4) is 0 Å². The van der Waals surface area contributed by atoms with Crippen LogP contribution in [0.4, 0.5) is 5.69 Å². The van der Waals surface area contributed by atoms with Gasteiger partial charge in [-0.2, -0.15) is 0 Å². The molecule has 0 aliphatic heterocycles. The molecule has 2 amide bonds. The smallest absolute Gasteiger partial charge is 0.338 e. The number of amides is 2. The summed E-state index contributed by atoms with van der Waals surface area (Å²) in [5, 5.41) is 5.15. The molecule has 6 heteroatoms. The quantitative estimate of drug-likeness (QED) is 0.791. The molecule has 2 aromatic rings. The molecule has 0 aliphatic rings. The summed E-state index contributed by atoms with van der Waals surface area (Å²) < 4.78 is 5.27. The van der Waals surface area contributed by atoms with Crippen LogP contribution in [0.3, 0.4) is 0 Å². The Morgan fingerprint density at radius 2 is 1.76 bits per heavy atom. The Bertz CT molecular complexity index is 759. The van der Waals surface area contributed by atoms with Gasteiger partial charge >= 0.3 is 5.97 Å². The van der Waals surface area contributed by atoms with Gasteiger partial charge in [0.05, 0.1) is 5.56 Å². The third-order valence-corrected chi connectivity index (χ3v) is 3.39. The molecule has 130 valence electrons. The summed E-state index contributed by atoms with van der Waals surface area (Å²) in [4.78, 5) is 35.1. The van der Waals surface area contributed by atoms with Gasteiger partial charge in [0, 0.05) is 12.6 Å². The van der Waals surface area contributed by atoms with Crippen molar-refractivity contribution >= 4 is 23.5 Å². The van der Waals surface area contributed by atoms with Gasteiger partial charge < -0.3 is 15.4 Å². The molecule has 0 radical (unpaired) electrons.